The second-order valence-electron chi connectivity index (χ2n) is 5.19. The topological polar surface area (TPSA) is 106 Å². The number of aromatic nitrogens is 3. The lowest BCUT2D eigenvalue weighted by Crippen LogP contribution is -2.14. The summed E-state index contributed by atoms with van der Waals surface area (Å²) in [5.41, 5.74) is 1.69. The summed E-state index contributed by atoms with van der Waals surface area (Å²) in [5, 5.41) is 8.72. The molecule has 0 unspecified atom stereocenters. The maximum absolute atomic E-state index is 12.3. The highest BCUT2D eigenvalue weighted by Gasteiger charge is 2.16. The first-order valence-corrected chi connectivity index (χ1v) is 9.55. The maximum Gasteiger partial charge on any atom is 0.263 e. The lowest BCUT2D eigenvalue weighted by molar-refractivity contribution is 0.102. The molecule has 0 atom stereocenters. The van der Waals surface area contributed by atoms with Crippen molar-refractivity contribution in [2.45, 2.75) is 11.8 Å². The molecule has 0 aliphatic rings. The molecule has 1 aromatic carbocycles. The van der Waals surface area contributed by atoms with Crippen LogP contribution in [0.3, 0.4) is 0 Å². The number of hydrogen-bond donors (Lipinski definition) is 2. The number of thiazole rings is 1. The summed E-state index contributed by atoms with van der Waals surface area (Å²) >= 11 is 1.19. The number of rotatable bonds is 5. The molecule has 1 amide bonds. The lowest BCUT2D eigenvalue weighted by atomic mass is 10.2. The van der Waals surface area contributed by atoms with Crippen LogP contribution in [0.15, 0.2) is 46.9 Å². The second kappa shape index (κ2) is 6.65. The molecule has 0 aliphatic carbocycles. The third kappa shape index (κ3) is 3.69. The summed E-state index contributed by atoms with van der Waals surface area (Å²) in [6.07, 6.45) is 3.00. The Morgan fingerprint density at radius 3 is 2.52 bits per heavy atom. The van der Waals surface area contributed by atoms with Crippen LogP contribution in [0.1, 0.15) is 16.1 Å². The zero-order valence-corrected chi connectivity index (χ0v) is 15.1. The van der Waals surface area contributed by atoms with Gasteiger partial charge in [-0.25, -0.2) is 13.4 Å². The van der Waals surface area contributed by atoms with Gasteiger partial charge in [-0.2, -0.15) is 5.10 Å². The van der Waals surface area contributed by atoms with Gasteiger partial charge in [0, 0.05) is 30.0 Å². The number of aryl methyl sites for hydroxylation is 1. The minimum atomic E-state index is -3.71. The average molecular weight is 377 g/mol. The number of carbonyl (C=O) groups is 1. The first-order chi connectivity index (χ1) is 11.9. The third-order valence-electron chi connectivity index (χ3n) is 3.56. The molecule has 2 aromatic heterocycles. The quantitative estimate of drug-likeness (QED) is 0.709. The highest BCUT2D eigenvalue weighted by atomic mass is 32.2. The second-order valence-corrected chi connectivity index (χ2v) is 7.77. The molecule has 0 fully saturated rings. The van der Waals surface area contributed by atoms with Crippen LogP contribution < -0.4 is 10.0 Å². The van der Waals surface area contributed by atoms with Crippen LogP contribution in [0.25, 0.3) is 0 Å². The van der Waals surface area contributed by atoms with Gasteiger partial charge in [-0.15, -0.1) is 11.3 Å². The van der Waals surface area contributed by atoms with Gasteiger partial charge in [0.05, 0.1) is 16.7 Å². The number of hydrogen-bond acceptors (Lipinski definition) is 6. The van der Waals surface area contributed by atoms with Crippen LogP contribution in [0, 0.1) is 6.92 Å². The normalized spacial score (nSPS) is 11.3. The van der Waals surface area contributed by atoms with E-state index in [9.17, 15) is 13.2 Å². The van der Waals surface area contributed by atoms with E-state index < -0.39 is 10.0 Å². The first kappa shape index (κ1) is 17.1. The minimum Gasteiger partial charge on any atom is -0.322 e. The molecule has 0 radical (unpaired) electrons. The molecule has 0 spiro atoms. The fraction of sp³-hybridized carbons (Fsp3) is 0.133. The van der Waals surface area contributed by atoms with Crippen molar-refractivity contribution in [3.8, 4) is 0 Å². The Labute approximate surface area is 148 Å². The van der Waals surface area contributed by atoms with Crippen molar-refractivity contribution < 1.29 is 13.2 Å². The molecule has 0 bridgehead atoms. The van der Waals surface area contributed by atoms with Crippen LogP contribution in [0.4, 0.5) is 10.8 Å². The molecule has 25 heavy (non-hydrogen) atoms. The summed E-state index contributed by atoms with van der Waals surface area (Å²) in [6.45, 7) is 1.79. The average Bonchev–Trinajstić information content (AvgIpc) is 3.18. The fourth-order valence-corrected chi connectivity index (χ4v) is 3.87. The maximum atomic E-state index is 12.3. The molecule has 8 nitrogen and oxygen atoms in total. The molecule has 2 N–H and O–H groups in total. The van der Waals surface area contributed by atoms with Crippen molar-refractivity contribution >= 4 is 38.1 Å². The van der Waals surface area contributed by atoms with E-state index >= 15 is 0 Å². The number of nitrogens with zero attached hydrogens (tertiary/aromatic N) is 3. The van der Waals surface area contributed by atoms with Gasteiger partial charge in [0.2, 0.25) is 0 Å². The zero-order chi connectivity index (χ0) is 18.0. The first-order valence-electron chi connectivity index (χ1n) is 7.19. The highest BCUT2D eigenvalue weighted by molar-refractivity contribution is 7.93. The van der Waals surface area contributed by atoms with E-state index in [1.54, 1.807) is 24.0 Å². The monoisotopic (exact) mass is 377 g/mol. The van der Waals surface area contributed by atoms with Crippen LogP contribution in [-0.4, -0.2) is 29.1 Å². The van der Waals surface area contributed by atoms with Gasteiger partial charge in [0.25, 0.3) is 15.9 Å². The SMILES string of the molecule is Cc1c(C(=O)Nc2ccc(S(=O)(=O)Nc3nccs3)cc2)cnn1C. The summed E-state index contributed by atoms with van der Waals surface area (Å²) in [7, 11) is -1.96. The Morgan fingerprint density at radius 1 is 1.24 bits per heavy atom. The van der Waals surface area contributed by atoms with E-state index in [-0.39, 0.29) is 10.8 Å². The van der Waals surface area contributed by atoms with Gasteiger partial charge in [-0.3, -0.25) is 14.2 Å². The minimum absolute atomic E-state index is 0.0817. The molecule has 10 heteroatoms. The number of sulfonamides is 1. The number of carbonyl (C=O) groups excluding carboxylic acids is 1. The third-order valence-corrected chi connectivity index (χ3v) is 5.73. The van der Waals surface area contributed by atoms with Gasteiger partial charge in [-0.1, -0.05) is 0 Å². The Kier molecular flexibility index (Phi) is 4.55. The largest absolute Gasteiger partial charge is 0.322 e. The zero-order valence-electron chi connectivity index (χ0n) is 13.4. The molecule has 3 aromatic rings. The fourth-order valence-electron chi connectivity index (χ4n) is 2.09. The Bertz CT molecular complexity index is 992. The van der Waals surface area contributed by atoms with E-state index in [4.69, 9.17) is 0 Å². The van der Waals surface area contributed by atoms with Crippen molar-refractivity contribution in [1.82, 2.24) is 14.8 Å². The van der Waals surface area contributed by atoms with Crippen LogP contribution >= 0.6 is 11.3 Å². The number of anilines is 2. The van der Waals surface area contributed by atoms with Crippen molar-refractivity contribution in [2.24, 2.45) is 7.05 Å². The van der Waals surface area contributed by atoms with E-state index in [0.717, 1.165) is 5.69 Å². The molecule has 2 heterocycles. The summed E-state index contributed by atoms with van der Waals surface area (Å²) in [5.74, 6) is -0.304. The van der Waals surface area contributed by atoms with Crippen molar-refractivity contribution in [1.29, 1.82) is 0 Å². The van der Waals surface area contributed by atoms with E-state index in [0.29, 0.717) is 16.4 Å². The van der Waals surface area contributed by atoms with E-state index in [2.05, 4.69) is 20.1 Å². The standard InChI is InChI=1S/C15H15N5O3S2/c1-10-13(9-17-20(10)2)14(21)18-11-3-5-12(6-4-11)25(22,23)19-15-16-7-8-24-15/h3-9H,1-2H3,(H,16,19)(H,18,21). The van der Waals surface area contributed by atoms with Crippen molar-refractivity contribution in [2.75, 3.05) is 10.0 Å². The summed E-state index contributed by atoms with van der Waals surface area (Å²) < 4.78 is 28.5. The van der Waals surface area contributed by atoms with E-state index in [1.165, 1.54) is 48.0 Å². The Balaban J connectivity index is 1.74. The number of benzene rings is 1. The number of nitrogens with one attached hydrogen (secondary N) is 2. The van der Waals surface area contributed by atoms with E-state index in [1.807, 2.05) is 0 Å². The molecule has 3 rings (SSSR count). The Morgan fingerprint density at radius 2 is 1.96 bits per heavy atom. The predicted octanol–water partition coefficient (Wildman–Crippen LogP) is 2.24. The van der Waals surface area contributed by atoms with Crippen molar-refractivity contribution in [3.05, 3.63) is 53.3 Å². The smallest absolute Gasteiger partial charge is 0.263 e. The predicted molar refractivity (Wildman–Crippen MR) is 95.3 cm³/mol. The van der Waals surface area contributed by atoms with Gasteiger partial charge in [-0.05, 0) is 31.2 Å². The summed E-state index contributed by atoms with van der Waals surface area (Å²) in [6, 6.07) is 5.89. The molecule has 0 saturated heterocycles. The summed E-state index contributed by atoms with van der Waals surface area (Å²) in [4.78, 5) is 16.2. The Hall–Kier alpha value is -2.72. The molecular formula is C15H15N5O3S2. The van der Waals surface area contributed by atoms with Crippen LogP contribution in [-0.2, 0) is 17.1 Å². The molecule has 0 saturated carbocycles. The lowest BCUT2D eigenvalue weighted by Gasteiger charge is -2.08. The van der Waals surface area contributed by atoms with Crippen molar-refractivity contribution in [3.63, 3.8) is 0 Å². The van der Waals surface area contributed by atoms with Gasteiger partial charge in [0.15, 0.2) is 5.13 Å². The molecular weight excluding hydrogens is 362 g/mol. The molecule has 130 valence electrons. The number of amides is 1. The molecule has 0 aliphatic heterocycles. The van der Waals surface area contributed by atoms with Crippen LogP contribution in [0.2, 0.25) is 0 Å². The van der Waals surface area contributed by atoms with Gasteiger partial charge in [0.1, 0.15) is 0 Å². The van der Waals surface area contributed by atoms with Gasteiger partial charge >= 0.3 is 0 Å². The van der Waals surface area contributed by atoms with Crippen LogP contribution in [0.5, 0.6) is 0 Å². The van der Waals surface area contributed by atoms with Gasteiger partial charge < -0.3 is 5.32 Å². The highest BCUT2D eigenvalue weighted by Crippen LogP contribution is 2.20.